The first-order valence-electron chi connectivity index (χ1n) is 9.09. The first kappa shape index (κ1) is 18.1. The minimum Gasteiger partial charge on any atom is -0.495 e. The Morgan fingerprint density at radius 1 is 1.15 bits per heavy atom. The first-order valence-corrected chi connectivity index (χ1v) is 9.09. The lowest BCUT2D eigenvalue weighted by atomic mass is 9.83. The summed E-state index contributed by atoms with van der Waals surface area (Å²) in [5, 5.41) is 6.00. The number of methoxy groups -OCH3 is 1. The van der Waals surface area contributed by atoms with E-state index >= 15 is 0 Å². The monoisotopic (exact) mass is 354 g/mol. The van der Waals surface area contributed by atoms with Crippen molar-refractivity contribution in [2.75, 3.05) is 12.4 Å². The molecule has 0 aliphatic carbocycles. The van der Waals surface area contributed by atoms with Crippen LogP contribution in [0, 0.1) is 0 Å². The smallest absolute Gasteiger partial charge is 0.319 e. The van der Waals surface area contributed by atoms with Gasteiger partial charge in [0.2, 0.25) is 0 Å². The maximum atomic E-state index is 12.6. The predicted molar refractivity (Wildman–Crippen MR) is 103 cm³/mol. The summed E-state index contributed by atoms with van der Waals surface area (Å²) in [4.78, 5) is 12.6. The molecule has 0 saturated heterocycles. The molecule has 1 aliphatic heterocycles. The lowest BCUT2D eigenvalue weighted by molar-refractivity contribution is 0.0247. The first-order chi connectivity index (χ1) is 12.6. The minimum absolute atomic E-state index is 0.102. The second-order valence-corrected chi connectivity index (χ2v) is 6.59. The SMILES string of the molecule is CCC1(CC)CC(NC(=O)Nc2ccccc2OC)c2ccccc2O1. The number of rotatable bonds is 5. The van der Waals surface area contributed by atoms with Gasteiger partial charge in [-0.15, -0.1) is 0 Å². The summed E-state index contributed by atoms with van der Waals surface area (Å²) in [6.07, 6.45) is 2.53. The van der Waals surface area contributed by atoms with E-state index in [0.29, 0.717) is 11.4 Å². The van der Waals surface area contributed by atoms with Gasteiger partial charge in [0.1, 0.15) is 17.1 Å². The average molecular weight is 354 g/mol. The van der Waals surface area contributed by atoms with Gasteiger partial charge in [0, 0.05) is 12.0 Å². The van der Waals surface area contributed by atoms with Gasteiger partial charge in [-0.3, -0.25) is 0 Å². The molecule has 0 fully saturated rings. The van der Waals surface area contributed by atoms with Crippen LogP contribution >= 0.6 is 0 Å². The van der Waals surface area contributed by atoms with Gasteiger partial charge in [-0.05, 0) is 31.0 Å². The normalized spacial score (nSPS) is 17.6. The van der Waals surface area contributed by atoms with E-state index in [9.17, 15) is 4.79 Å². The predicted octanol–water partition coefficient (Wildman–Crippen LogP) is 4.90. The van der Waals surface area contributed by atoms with Gasteiger partial charge >= 0.3 is 6.03 Å². The zero-order valence-corrected chi connectivity index (χ0v) is 15.5. The van der Waals surface area contributed by atoms with Gasteiger partial charge in [-0.2, -0.15) is 0 Å². The molecular weight excluding hydrogens is 328 g/mol. The third kappa shape index (κ3) is 3.62. The largest absolute Gasteiger partial charge is 0.495 e. The summed E-state index contributed by atoms with van der Waals surface area (Å²) in [6.45, 7) is 4.26. The molecule has 3 rings (SSSR count). The number of hydrogen-bond donors (Lipinski definition) is 2. The van der Waals surface area contributed by atoms with E-state index in [4.69, 9.17) is 9.47 Å². The van der Waals surface area contributed by atoms with Crippen molar-refractivity contribution in [3.05, 3.63) is 54.1 Å². The van der Waals surface area contributed by atoms with Crippen molar-refractivity contribution in [3.8, 4) is 11.5 Å². The number of hydrogen-bond acceptors (Lipinski definition) is 3. The van der Waals surface area contributed by atoms with Crippen molar-refractivity contribution in [3.63, 3.8) is 0 Å². The third-order valence-electron chi connectivity index (χ3n) is 5.15. The Labute approximate surface area is 154 Å². The molecule has 2 N–H and O–H groups in total. The summed E-state index contributed by atoms with van der Waals surface area (Å²) < 4.78 is 11.6. The number of carbonyl (C=O) groups is 1. The number of carbonyl (C=O) groups excluding carboxylic acids is 1. The number of nitrogens with one attached hydrogen (secondary N) is 2. The van der Waals surface area contributed by atoms with Crippen LogP contribution in [0.1, 0.15) is 44.7 Å². The Kier molecular flexibility index (Phi) is 5.35. The lowest BCUT2D eigenvalue weighted by Gasteiger charge is -2.41. The van der Waals surface area contributed by atoms with Gasteiger partial charge in [-0.1, -0.05) is 44.2 Å². The van der Waals surface area contributed by atoms with Gasteiger partial charge < -0.3 is 20.1 Å². The van der Waals surface area contributed by atoms with Crippen LogP contribution in [0.4, 0.5) is 10.5 Å². The summed E-state index contributed by atoms with van der Waals surface area (Å²) in [7, 11) is 1.59. The van der Waals surface area contributed by atoms with E-state index in [1.54, 1.807) is 7.11 Å². The second kappa shape index (κ2) is 7.68. The Morgan fingerprint density at radius 3 is 2.58 bits per heavy atom. The zero-order chi connectivity index (χ0) is 18.6. The van der Waals surface area contributed by atoms with Gasteiger partial charge in [-0.25, -0.2) is 4.79 Å². The Balaban J connectivity index is 1.80. The topological polar surface area (TPSA) is 59.6 Å². The third-order valence-corrected chi connectivity index (χ3v) is 5.15. The van der Waals surface area contributed by atoms with Crippen molar-refractivity contribution in [1.82, 2.24) is 5.32 Å². The molecule has 1 unspecified atom stereocenters. The Bertz CT molecular complexity index is 771. The molecule has 1 atom stereocenters. The van der Waals surface area contributed by atoms with Crippen LogP contribution in [0.2, 0.25) is 0 Å². The number of amides is 2. The maximum Gasteiger partial charge on any atom is 0.319 e. The van der Waals surface area contributed by atoms with Crippen LogP contribution in [0.3, 0.4) is 0 Å². The van der Waals surface area contributed by atoms with E-state index in [1.807, 2.05) is 48.5 Å². The molecule has 0 spiro atoms. The standard InChI is InChI=1S/C21H26N2O3/c1-4-21(5-2)14-17(15-10-6-8-12-18(15)26-21)23-20(24)22-16-11-7-9-13-19(16)25-3/h6-13,17H,4-5,14H2,1-3H3,(H2,22,23,24). The van der Waals surface area contributed by atoms with Crippen molar-refractivity contribution < 1.29 is 14.3 Å². The van der Waals surface area contributed by atoms with Crippen molar-refractivity contribution >= 4 is 11.7 Å². The number of para-hydroxylation sites is 3. The number of anilines is 1. The highest BCUT2D eigenvalue weighted by Gasteiger charge is 2.38. The molecule has 1 aliphatic rings. The highest BCUT2D eigenvalue weighted by atomic mass is 16.5. The van der Waals surface area contributed by atoms with E-state index in [1.165, 1.54) is 0 Å². The minimum atomic E-state index is -0.253. The fourth-order valence-electron chi connectivity index (χ4n) is 3.49. The molecule has 2 aromatic carbocycles. The fraction of sp³-hybridized carbons (Fsp3) is 0.381. The summed E-state index contributed by atoms with van der Waals surface area (Å²) in [5.41, 5.74) is 1.40. The average Bonchev–Trinajstić information content (AvgIpc) is 2.68. The zero-order valence-electron chi connectivity index (χ0n) is 15.5. The molecule has 5 heteroatoms. The highest BCUT2D eigenvalue weighted by Crippen LogP contribution is 2.42. The number of benzene rings is 2. The van der Waals surface area contributed by atoms with Gasteiger partial charge in [0.05, 0.1) is 18.8 Å². The number of urea groups is 1. The van der Waals surface area contributed by atoms with Crippen LogP contribution < -0.4 is 20.1 Å². The van der Waals surface area contributed by atoms with E-state index in [0.717, 1.165) is 30.6 Å². The van der Waals surface area contributed by atoms with E-state index in [2.05, 4.69) is 24.5 Å². The molecule has 5 nitrogen and oxygen atoms in total. The molecule has 1 heterocycles. The lowest BCUT2D eigenvalue weighted by Crippen LogP contribution is -2.45. The van der Waals surface area contributed by atoms with Gasteiger partial charge in [0.15, 0.2) is 0 Å². The highest BCUT2D eigenvalue weighted by molar-refractivity contribution is 5.91. The molecule has 26 heavy (non-hydrogen) atoms. The van der Waals surface area contributed by atoms with Gasteiger partial charge in [0.25, 0.3) is 0 Å². The maximum absolute atomic E-state index is 12.6. The molecule has 0 aromatic heterocycles. The molecule has 2 aromatic rings. The molecule has 0 radical (unpaired) electrons. The molecule has 0 saturated carbocycles. The second-order valence-electron chi connectivity index (χ2n) is 6.59. The van der Waals surface area contributed by atoms with Crippen molar-refractivity contribution in [2.24, 2.45) is 0 Å². The fourth-order valence-corrected chi connectivity index (χ4v) is 3.49. The van der Waals surface area contributed by atoms with E-state index in [-0.39, 0.29) is 17.7 Å². The summed E-state index contributed by atoms with van der Waals surface area (Å²) in [5.74, 6) is 1.48. The molecule has 2 amide bonds. The van der Waals surface area contributed by atoms with E-state index < -0.39 is 0 Å². The van der Waals surface area contributed by atoms with Crippen LogP contribution in [0.15, 0.2) is 48.5 Å². The number of fused-ring (bicyclic) bond motifs is 1. The van der Waals surface area contributed by atoms with Crippen LogP contribution in [0.25, 0.3) is 0 Å². The van der Waals surface area contributed by atoms with Crippen LogP contribution in [0.5, 0.6) is 11.5 Å². The summed E-state index contributed by atoms with van der Waals surface area (Å²) in [6, 6.07) is 14.9. The Hall–Kier alpha value is -2.69. The molecular formula is C21H26N2O3. The van der Waals surface area contributed by atoms with Crippen molar-refractivity contribution in [1.29, 1.82) is 0 Å². The summed E-state index contributed by atoms with van der Waals surface area (Å²) >= 11 is 0. The van der Waals surface area contributed by atoms with Crippen LogP contribution in [-0.4, -0.2) is 18.7 Å². The molecule has 138 valence electrons. The van der Waals surface area contributed by atoms with Crippen LogP contribution in [-0.2, 0) is 0 Å². The number of ether oxygens (including phenoxy) is 2. The molecule has 0 bridgehead atoms. The Morgan fingerprint density at radius 2 is 1.85 bits per heavy atom. The van der Waals surface area contributed by atoms with Crippen molar-refractivity contribution in [2.45, 2.75) is 44.8 Å². The quantitative estimate of drug-likeness (QED) is 0.803.